The van der Waals surface area contributed by atoms with Gasteiger partial charge in [0.2, 0.25) is 0 Å². The van der Waals surface area contributed by atoms with Gasteiger partial charge >= 0.3 is 0 Å². The zero-order valence-corrected chi connectivity index (χ0v) is 9.56. The molecule has 0 spiro atoms. The van der Waals surface area contributed by atoms with Crippen LogP contribution in [0.25, 0.3) is 11.3 Å². The van der Waals surface area contributed by atoms with Crippen molar-refractivity contribution in [1.29, 1.82) is 5.26 Å². The number of aromatic nitrogens is 1. The molecule has 0 radical (unpaired) electrons. The summed E-state index contributed by atoms with van der Waals surface area (Å²) in [7, 11) is 0. The Labute approximate surface area is 104 Å². The van der Waals surface area contributed by atoms with Gasteiger partial charge in [0.15, 0.2) is 11.5 Å². The molecule has 90 valence electrons. The number of aromatic amines is 1. The van der Waals surface area contributed by atoms with Crippen LogP contribution >= 0.6 is 0 Å². The van der Waals surface area contributed by atoms with Crippen LogP contribution < -0.4 is 15.2 Å². The number of ether oxygens (including phenoxy) is 2. The monoisotopic (exact) mass is 241 g/mol. The van der Waals surface area contributed by atoms with Crippen LogP contribution in [0.1, 0.15) is 5.56 Å². The van der Waals surface area contributed by atoms with E-state index in [4.69, 9.17) is 20.5 Å². The van der Waals surface area contributed by atoms with Crippen LogP contribution in [0.3, 0.4) is 0 Å². The first-order valence-corrected chi connectivity index (χ1v) is 5.56. The molecule has 0 unspecified atom stereocenters. The van der Waals surface area contributed by atoms with E-state index in [0.29, 0.717) is 30.3 Å². The second-order valence-electron chi connectivity index (χ2n) is 3.98. The summed E-state index contributed by atoms with van der Waals surface area (Å²) < 4.78 is 11.0. The molecule has 1 aromatic carbocycles. The van der Waals surface area contributed by atoms with Gasteiger partial charge in [0.25, 0.3) is 0 Å². The Morgan fingerprint density at radius 2 is 1.94 bits per heavy atom. The molecule has 0 saturated heterocycles. The van der Waals surface area contributed by atoms with E-state index in [0.717, 1.165) is 17.0 Å². The van der Waals surface area contributed by atoms with Gasteiger partial charge in [-0.2, -0.15) is 5.26 Å². The van der Waals surface area contributed by atoms with E-state index < -0.39 is 0 Å². The van der Waals surface area contributed by atoms with Gasteiger partial charge in [0.1, 0.15) is 25.1 Å². The Morgan fingerprint density at radius 3 is 2.67 bits per heavy atom. The van der Waals surface area contributed by atoms with Crippen molar-refractivity contribution in [2.75, 3.05) is 18.9 Å². The highest BCUT2D eigenvalue weighted by Crippen LogP contribution is 2.34. The normalized spacial score (nSPS) is 13.1. The van der Waals surface area contributed by atoms with Crippen molar-refractivity contribution in [2.24, 2.45) is 0 Å². The number of hydrogen-bond acceptors (Lipinski definition) is 4. The third-order valence-electron chi connectivity index (χ3n) is 2.82. The largest absolute Gasteiger partial charge is 0.486 e. The highest BCUT2D eigenvalue weighted by molar-refractivity contribution is 5.70. The number of benzene rings is 1. The first-order chi connectivity index (χ1) is 8.78. The molecule has 1 aliphatic rings. The Bertz CT molecular complexity index is 640. The summed E-state index contributed by atoms with van der Waals surface area (Å²) in [6.07, 6.45) is 0. The summed E-state index contributed by atoms with van der Waals surface area (Å²) >= 11 is 0. The number of nitrogen functional groups attached to an aromatic ring is 1. The van der Waals surface area contributed by atoms with E-state index in [2.05, 4.69) is 4.98 Å². The van der Waals surface area contributed by atoms with Crippen LogP contribution in [-0.2, 0) is 0 Å². The number of nitrogens with two attached hydrogens (primary N) is 1. The molecule has 18 heavy (non-hydrogen) atoms. The molecular weight excluding hydrogens is 230 g/mol. The van der Waals surface area contributed by atoms with Crippen LogP contribution in [0.2, 0.25) is 0 Å². The van der Waals surface area contributed by atoms with E-state index in [1.165, 1.54) is 0 Å². The van der Waals surface area contributed by atoms with Gasteiger partial charge in [-0.05, 0) is 24.3 Å². The minimum atomic E-state index is 0.377. The molecule has 3 rings (SSSR count). The standard InChI is InChI=1S/C13H11N3O2/c14-7-9-5-10(16-13(9)15)8-1-2-11-12(6-8)18-4-3-17-11/h1-2,5-6,16H,3-4,15H2. The molecule has 2 aromatic rings. The van der Waals surface area contributed by atoms with Crippen molar-refractivity contribution in [2.45, 2.75) is 0 Å². The van der Waals surface area contributed by atoms with E-state index in [1.807, 2.05) is 24.3 Å². The van der Waals surface area contributed by atoms with E-state index in [9.17, 15) is 0 Å². The lowest BCUT2D eigenvalue weighted by Crippen LogP contribution is -2.15. The Morgan fingerprint density at radius 1 is 1.17 bits per heavy atom. The van der Waals surface area contributed by atoms with E-state index in [-0.39, 0.29) is 0 Å². The van der Waals surface area contributed by atoms with Crippen molar-refractivity contribution >= 4 is 5.82 Å². The van der Waals surface area contributed by atoms with Gasteiger partial charge < -0.3 is 20.2 Å². The Kier molecular flexibility index (Phi) is 2.34. The van der Waals surface area contributed by atoms with Crippen molar-refractivity contribution < 1.29 is 9.47 Å². The maximum atomic E-state index is 8.88. The number of rotatable bonds is 1. The number of H-pyrrole nitrogens is 1. The highest BCUT2D eigenvalue weighted by Gasteiger charge is 2.14. The first kappa shape index (κ1) is 10.5. The maximum absolute atomic E-state index is 8.88. The van der Waals surface area contributed by atoms with E-state index >= 15 is 0 Å². The number of nitriles is 1. The van der Waals surface area contributed by atoms with E-state index in [1.54, 1.807) is 6.07 Å². The van der Waals surface area contributed by atoms with Crippen LogP contribution in [0.4, 0.5) is 5.82 Å². The van der Waals surface area contributed by atoms with Gasteiger partial charge in [-0.1, -0.05) is 0 Å². The molecule has 0 aliphatic carbocycles. The third kappa shape index (κ3) is 1.64. The van der Waals surface area contributed by atoms with Gasteiger partial charge in [0.05, 0.1) is 5.56 Å². The zero-order chi connectivity index (χ0) is 12.5. The fourth-order valence-corrected chi connectivity index (χ4v) is 1.93. The molecule has 5 heteroatoms. The number of nitrogens with zero attached hydrogens (tertiary/aromatic N) is 1. The van der Waals surface area contributed by atoms with Gasteiger partial charge in [-0.15, -0.1) is 0 Å². The summed E-state index contributed by atoms with van der Waals surface area (Å²) in [5, 5.41) is 8.88. The number of anilines is 1. The Balaban J connectivity index is 2.04. The minimum Gasteiger partial charge on any atom is -0.486 e. The summed E-state index contributed by atoms with van der Waals surface area (Å²) in [5.41, 5.74) is 7.84. The van der Waals surface area contributed by atoms with Crippen LogP contribution in [-0.4, -0.2) is 18.2 Å². The van der Waals surface area contributed by atoms with Gasteiger partial charge in [-0.25, -0.2) is 0 Å². The lowest BCUT2D eigenvalue weighted by atomic mass is 10.1. The second-order valence-corrected chi connectivity index (χ2v) is 3.98. The number of fused-ring (bicyclic) bond motifs is 1. The van der Waals surface area contributed by atoms with Crippen LogP contribution in [0, 0.1) is 11.3 Å². The van der Waals surface area contributed by atoms with Crippen molar-refractivity contribution in [3.63, 3.8) is 0 Å². The Hall–Kier alpha value is -2.61. The molecular formula is C13H11N3O2. The third-order valence-corrected chi connectivity index (χ3v) is 2.82. The first-order valence-electron chi connectivity index (χ1n) is 5.56. The maximum Gasteiger partial charge on any atom is 0.162 e. The minimum absolute atomic E-state index is 0.377. The molecule has 0 bridgehead atoms. The molecule has 0 saturated carbocycles. The lowest BCUT2D eigenvalue weighted by Gasteiger charge is -2.18. The molecule has 5 nitrogen and oxygen atoms in total. The van der Waals surface area contributed by atoms with Crippen LogP contribution in [0.5, 0.6) is 11.5 Å². The topological polar surface area (TPSA) is 84.1 Å². The number of nitrogens with one attached hydrogen (secondary N) is 1. The highest BCUT2D eigenvalue weighted by atomic mass is 16.6. The summed E-state index contributed by atoms with van der Waals surface area (Å²) in [4.78, 5) is 2.98. The van der Waals surface area contributed by atoms with Crippen LogP contribution in [0.15, 0.2) is 24.3 Å². The van der Waals surface area contributed by atoms with Crippen molar-refractivity contribution in [3.8, 4) is 28.8 Å². The summed E-state index contributed by atoms with van der Waals surface area (Å²) in [6.45, 7) is 1.12. The predicted molar refractivity (Wildman–Crippen MR) is 66.3 cm³/mol. The molecule has 0 atom stereocenters. The molecule has 0 amide bonds. The lowest BCUT2D eigenvalue weighted by molar-refractivity contribution is 0.171. The SMILES string of the molecule is N#Cc1cc(-c2ccc3c(c2)OCCO3)[nH]c1N. The smallest absolute Gasteiger partial charge is 0.162 e. The quantitative estimate of drug-likeness (QED) is 0.798. The molecule has 3 N–H and O–H groups in total. The average Bonchev–Trinajstić information content (AvgIpc) is 2.79. The van der Waals surface area contributed by atoms with Gasteiger partial charge in [-0.3, -0.25) is 0 Å². The fourth-order valence-electron chi connectivity index (χ4n) is 1.93. The zero-order valence-electron chi connectivity index (χ0n) is 9.56. The number of hydrogen-bond donors (Lipinski definition) is 2. The molecule has 2 heterocycles. The molecule has 1 aromatic heterocycles. The molecule has 1 aliphatic heterocycles. The van der Waals surface area contributed by atoms with Crippen molar-refractivity contribution in [3.05, 3.63) is 29.8 Å². The van der Waals surface area contributed by atoms with Gasteiger partial charge in [0, 0.05) is 11.3 Å². The second kappa shape index (κ2) is 4.00. The predicted octanol–water partition coefficient (Wildman–Crippen LogP) is 1.91. The molecule has 0 fully saturated rings. The summed E-state index contributed by atoms with van der Waals surface area (Å²) in [5.74, 6) is 1.83. The average molecular weight is 241 g/mol. The fraction of sp³-hybridized carbons (Fsp3) is 0.154. The van der Waals surface area contributed by atoms with Crippen molar-refractivity contribution in [1.82, 2.24) is 4.98 Å². The summed E-state index contributed by atoms with van der Waals surface area (Å²) in [6, 6.07) is 9.39.